The fourth-order valence-electron chi connectivity index (χ4n) is 2.46. The van der Waals surface area contributed by atoms with E-state index in [1.54, 1.807) is 12.1 Å². The van der Waals surface area contributed by atoms with E-state index in [1.165, 1.54) is 6.08 Å². The quantitative estimate of drug-likeness (QED) is 0.467. The van der Waals surface area contributed by atoms with Crippen molar-refractivity contribution in [3.63, 3.8) is 0 Å². The smallest absolute Gasteiger partial charge is 0.262 e. The standard InChI is InChI=1S/C22H23BrN2O3/c1-4-27-20-12-17(10-18(13-24)22(26)25-15(2)3)11-19(23)21(20)28-14-16-8-6-5-7-9-16/h5-12,15H,4,14H2,1-3H3,(H,25,26)/b18-10-. The predicted octanol–water partition coefficient (Wildman–Crippen LogP) is 4.86. The Morgan fingerprint density at radius 3 is 2.57 bits per heavy atom. The zero-order chi connectivity index (χ0) is 20.5. The summed E-state index contributed by atoms with van der Waals surface area (Å²) in [5.41, 5.74) is 1.73. The van der Waals surface area contributed by atoms with Gasteiger partial charge in [-0.3, -0.25) is 4.79 Å². The highest BCUT2D eigenvalue weighted by atomic mass is 79.9. The monoisotopic (exact) mass is 442 g/mol. The molecule has 0 bridgehead atoms. The van der Waals surface area contributed by atoms with Crippen LogP contribution in [0.4, 0.5) is 0 Å². The number of carbonyl (C=O) groups is 1. The molecular weight excluding hydrogens is 420 g/mol. The van der Waals surface area contributed by atoms with Crippen molar-refractivity contribution in [2.24, 2.45) is 0 Å². The molecule has 2 aromatic rings. The summed E-state index contributed by atoms with van der Waals surface area (Å²) in [6.45, 7) is 6.43. The molecule has 28 heavy (non-hydrogen) atoms. The first kappa shape index (κ1) is 21.5. The Balaban J connectivity index is 2.31. The highest BCUT2D eigenvalue weighted by Crippen LogP contribution is 2.38. The van der Waals surface area contributed by atoms with Crippen LogP contribution < -0.4 is 14.8 Å². The molecule has 2 aromatic carbocycles. The highest BCUT2D eigenvalue weighted by molar-refractivity contribution is 9.10. The van der Waals surface area contributed by atoms with E-state index >= 15 is 0 Å². The first-order chi connectivity index (χ1) is 13.4. The molecule has 6 heteroatoms. The molecule has 0 aliphatic heterocycles. The lowest BCUT2D eigenvalue weighted by Crippen LogP contribution is -2.30. The lowest BCUT2D eigenvalue weighted by molar-refractivity contribution is -0.117. The number of nitrogens with one attached hydrogen (secondary N) is 1. The van der Waals surface area contributed by atoms with Gasteiger partial charge in [-0.2, -0.15) is 5.26 Å². The first-order valence-corrected chi connectivity index (χ1v) is 9.79. The number of halogens is 1. The van der Waals surface area contributed by atoms with Gasteiger partial charge in [0, 0.05) is 6.04 Å². The molecular formula is C22H23BrN2O3. The summed E-state index contributed by atoms with van der Waals surface area (Å²) < 4.78 is 12.4. The van der Waals surface area contributed by atoms with Crippen LogP contribution in [0.1, 0.15) is 31.9 Å². The first-order valence-electron chi connectivity index (χ1n) is 9.00. The summed E-state index contributed by atoms with van der Waals surface area (Å²) in [5, 5.41) is 12.1. The molecule has 0 saturated heterocycles. The van der Waals surface area contributed by atoms with Gasteiger partial charge in [-0.15, -0.1) is 0 Å². The number of hydrogen-bond acceptors (Lipinski definition) is 4. The van der Waals surface area contributed by atoms with Crippen molar-refractivity contribution >= 4 is 27.9 Å². The summed E-state index contributed by atoms with van der Waals surface area (Å²) in [6, 6.07) is 15.3. The van der Waals surface area contributed by atoms with Gasteiger partial charge < -0.3 is 14.8 Å². The fraction of sp³-hybridized carbons (Fsp3) is 0.273. The molecule has 0 saturated carbocycles. The zero-order valence-corrected chi connectivity index (χ0v) is 17.7. The summed E-state index contributed by atoms with van der Waals surface area (Å²) >= 11 is 3.51. The Hall–Kier alpha value is -2.78. The Bertz CT molecular complexity index is 887. The third kappa shape index (κ3) is 6.14. The normalized spacial score (nSPS) is 11.1. The van der Waals surface area contributed by atoms with Crippen molar-refractivity contribution in [2.45, 2.75) is 33.4 Å². The van der Waals surface area contributed by atoms with Crippen LogP contribution in [0.5, 0.6) is 11.5 Å². The van der Waals surface area contributed by atoms with E-state index in [0.717, 1.165) is 5.56 Å². The molecule has 0 radical (unpaired) electrons. The fourth-order valence-corrected chi connectivity index (χ4v) is 3.03. The van der Waals surface area contributed by atoms with Gasteiger partial charge in [-0.1, -0.05) is 30.3 Å². The minimum absolute atomic E-state index is 0.0287. The molecule has 0 fully saturated rings. The van der Waals surface area contributed by atoms with Crippen molar-refractivity contribution in [2.75, 3.05) is 6.61 Å². The number of amides is 1. The van der Waals surface area contributed by atoms with Gasteiger partial charge in [0.1, 0.15) is 18.2 Å². The van der Waals surface area contributed by atoms with E-state index in [-0.39, 0.29) is 11.6 Å². The number of benzene rings is 2. The maximum absolute atomic E-state index is 12.1. The largest absolute Gasteiger partial charge is 0.490 e. The van der Waals surface area contributed by atoms with Gasteiger partial charge in [-0.05, 0) is 66.0 Å². The maximum atomic E-state index is 12.1. The minimum Gasteiger partial charge on any atom is -0.490 e. The van der Waals surface area contributed by atoms with Crippen molar-refractivity contribution < 1.29 is 14.3 Å². The van der Waals surface area contributed by atoms with E-state index in [0.29, 0.717) is 34.7 Å². The minimum atomic E-state index is -0.406. The van der Waals surface area contributed by atoms with E-state index in [4.69, 9.17) is 9.47 Å². The Labute approximate surface area is 174 Å². The van der Waals surface area contributed by atoms with Crippen LogP contribution in [0.25, 0.3) is 6.08 Å². The lowest BCUT2D eigenvalue weighted by atomic mass is 10.1. The second-order valence-corrected chi connectivity index (χ2v) is 7.19. The van der Waals surface area contributed by atoms with Crippen molar-refractivity contribution in [1.82, 2.24) is 5.32 Å². The van der Waals surface area contributed by atoms with Gasteiger partial charge in [-0.25, -0.2) is 0 Å². The molecule has 0 aromatic heterocycles. The average Bonchev–Trinajstić information content (AvgIpc) is 2.66. The number of nitriles is 1. The molecule has 1 N–H and O–H groups in total. The number of nitrogens with zero attached hydrogens (tertiary/aromatic N) is 1. The molecule has 1 amide bonds. The molecule has 2 rings (SSSR count). The van der Waals surface area contributed by atoms with Crippen LogP contribution in [0, 0.1) is 11.3 Å². The van der Waals surface area contributed by atoms with Crippen LogP contribution in [-0.4, -0.2) is 18.6 Å². The van der Waals surface area contributed by atoms with E-state index in [9.17, 15) is 10.1 Å². The molecule has 5 nitrogen and oxygen atoms in total. The number of hydrogen-bond donors (Lipinski definition) is 1. The molecule has 0 aliphatic carbocycles. The second-order valence-electron chi connectivity index (χ2n) is 6.34. The predicted molar refractivity (Wildman–Crippen MR) is 113 cm³/mol. The third-order valence-electron chi connectivity index (χ3n) is 3.65. The Morgan fingerprint density at radius 1 is 1.25 bits per heavy atom. The topological polar surface area (TPSA) is 71.3 Å². The molecule has 0 unspecified atom stereocenters. The van der Waals surface area contributed by atoms with E-state index in [1.807, 2.05) is 57.2 Å². The van der Waals surface area contributed by atoms with Crippen LogP contribution >= 0.6 is 15.9 Å². The van der Waals surface area contributed by atoms with E-state index < -0.39 is 5.91 Å². The van der Waals surface area contributed by atoms with Gasteiger partial charge in [0.25, 0.3) is 5.91 Å². The number of ether oxygens (including phenoxy) is 2. The average molecular weight is 443 g/mol. The number of carbonyl (C=O) groups excluding carboxylic acids is 1. The van der Waals surface area contributed by atoms with Crippen molar-refractivity contribution in [1.29, 1.82) is 5.26 Å². The Kier molecular flexibility index (Phi) is 8.09. The van der Waals surface area contributed by atoms with Crippen LogP contribution in [0.3, 0.4) is 0 Å². The highest BCUT2D eigenvalue weighted by Gasteiger charge is 2.15. The summed E-state index contributed by atoms with van der Waals surface area (Å²) in [7, 11) is 0. The molecule has 0 aliphatic rings. The van der Waals surface area contributed by atoms with Gasteiger partial charge in [0.05, 0.1) is 11.1 Å². The molecule has 146 valence electrons. The van der Waals surface area contributed by atoms with E-state index in [2.05, 4.69) is 21.2 Å². The lowest BCUT2D eigenvalue weighted by Gasteiger charge is -2.15. The summed E-state index contributed by atoms with van der Waals surface area (Å²) in [5.74, 6) is 0.713. The Morgan fingerprint density at radius 2 is 1.96 bits per heavy atom. The molecule has 0 heterocycles. The second kappa shape index (κ2) is 10.5. The van der Waals surface area contributed by atoms with Gasteiger partial charge in [0.2, 0.25) is 0 Å². The zero-order valence-electron chi connectivity index (χ0n) is 16.2. The summed E-state index contributed by atoms with van der Waals surface area (Å²) in [6.07, 6.45) is 1.53. The number of rotatable bonds is 8. The van der Waals surface area contributed by atoms with Crippen molar-refractivity contribution in [3.05, 3.63) is 63.6 Å². The molecule has 0 spiro atoms. The summed E-state index contributed by atoms with van der Waals surface area (Å²) in [4.78, 5) is 12.1. The maximum Gasteiger partial charge on any atom is 0.262 e. The van der Waals surface area contributed by atoms with Crippen molar-refractivity contribution in [3.8, 4) is 17.6 Å². The van der Waals surface area contributed by atoms with Gasteiger partial charge in [0.15, 0.2) is 11.5 Å². The van der Waals surface area contributed by atoms with Crippen LogP contribution in [0.15, 0.2) is 52.5 Å². The molecule has 0 atom stereocenters. The van der Waals surface area contributed by atoms with Crippen LogP contribution in [-0.2, 0) is 11.4 Å². The third-order valence-corrected chi connectivity index (χ3v) is 4.24. The van der Waals surface area contributed by atoms with Gasteiger partial charge >= 0.3 is 0 Å². The van der Waals surface area contributed by atoms with Crippen LogP contribution in [0.2, 0.25) is 0 Å². The SMILES string of the molecule is CCOc1cc(/C=C(/C#N)C(=O)NC(C)C)cc(Br)c1OCc1ccccc1.